The Kier molecular flexibility index (Phi) is 4.59. The second-order valence-electron chi connectivity index (χ2n) is 3.93. The predicted molar refractivity (Wildman–Crippen MR) is 71.7 cm³/mol. The highest BCUT2D eigenvalue weighted by Gasteiger charge is 2.21. The summed E-state index contributed by atoms with van der Waals surface area (Å²) in [6.07, 6.45) is 1.93. The minimum absolute atomic E-state index is 0.160. The molecule has 1 amide bonds. The molecule has 0 radical (unpaired) electrons. The van der Waals surface area contributed by atoms with Crippen LogP contribution in [0.4, 0.5) is 0 Å². The van der Waals surface area contributed by atoms with E-state index in [1.54, 1.807) is 5.54 Å². The third-order valence-electron chi connectivity index (χ3n) is 2.84. The summed E-state index contributed by atoms with van der Waals surface area (Å²) in [7, 11) is 0. The van der Waals surface area contributed by atoms with Gasteiger partial charge in [-0.2, -0.15) is 0 Å². The molecule has 1 saturated heterocycles. The third-order valence-corrected chi connectivity index (χ3v) is 3.88. The van der Waals surface area contributed by atoms with E-state index in [1.807, 2.05) is 28.5 Å². The van der Waals surface area contributed by atoms with Crippen LogP contribution in [-0.4, -0.2) is 48.4 Å². The molecule has 1 fully saturated rings. The molecule has 2 rings (SSSR count). The summed E-state index contributed by atoms with van der Waals surface area (Å²) in [6, 6.07) is 3.80. The van der Waals surface area contributed by atoms with E-state index < -0.39 is 0 Å². The first-order valence-electron chi connectivity index (χ1n) is 5.61. The van der Waals surface area contributed by atoms with Crippen molar-refractivity contribution in [2.24, 2.45) is 0 Å². The molecule has 1 aliphatic rings. The highest BCUT2D eigenvalue weighted by molar-refractivity contribution is 7.12. The van der Waals surface area contributed by atoms with Gasteiger partial charge in [0.05, 0.1) is 4.88 Å². The van der Waals surface area contributed by atoms with Crippen LogP contribution in [0.2, 0.25) is 0 Å². The molecule has 1 aromatic rings. The fourth-order valence-corrected chi connectivity index (χ4v) is 2.65. The average Bonchev–Trinajstić information content (AvgIpc) is 2.90. The first-order valence-corrected chi connectivity index (χ1v) is 6.93. The number of carbonyl (C=O) groups excluding carboxylic acids is 1. The first kappa shape index (κ1) is 12.6. The average molecular weight is 271 g/mol. The Hall–Kier alpha value is -0.840. The maximum Gasteiger partial charge on any atom is 0.264 e. The lowest BCUT2D eigenvalue weighted by Gasteiger charge is -2.33. The summed E-state index contributed by atoms with van der Waals surface area (Å²) >= 11 is 7.00. The number of hydrogen-bond donors (Lipinski definition) is 0. The van der Waals surface area contributed by atoms with E-state index >= 15 is 0 Å². The van der Waals surface area contributed by atoms with Crippen LogP contribution in [0.3, 0.4) is 0 Å². The van der Waals surface area contributed by atoms with Crippen molar-refractivity contribution in [3.63, 3.8) is 0 Å². The Morgan fingerprint density at radius 1 is 1.41 bits per heavy atom. The van der Waals surface area contributed by atoms with Gasteiger partial charge >= 0.3 is 0 Å². The minimum atomic E-state index is 0.160. The highest BCUT2D eigenvalue weighted by atomic mass is 35.5. The number of carbonyl (C=O) groups is 1. The summed E-state index contributed by atoms with van der Waals surface area (Å²) in [5, 5.41) is 1.94. The molecule has 0 saturated carbocycles. The number of thiophene rings is 1. The zero-order valence-corrected chi connectivity index (χ0v) is 11.1. The SMILES string of the molecule is O=C(c1cccs1)N1CCN(C/C=C/Cl)CC1. The van der Waals surface area contributed by atoms with E-state index in [9.17, 15) is 4.79 Å². The molecular formula is C12H15ClN2OS. The van der Waals surface area contributed by atoms with Crippen molar-refractivity contribution < 1.29 is 4.79 Å². The minimum Gasteiger partial charge on any atom is -0.335 e. The standard InChI is InChI=1S/C12H15ClN2OS/c13-4-2-5-14-6-8-15(9-7-14)12(16)11-3-1-10-17-11/h1-4,10H,5-9H2/b4-2+. The zero-order chi connectivity index (χ0) is 12.1. The Bertz CT molecular complexity index is 383. The lowest BCUT2D eigenvalue weighted by atomic mass is 10.3. The van der Waals surface area contributed by atoms with Crippen LogP contribution in [0.25, 0.3) is 0 Å². The maximum atomic E-state index is 12.1. The van der Waals surface area contributed by atoms with Crippen molar-refractivity contribution in [3.8, 4) is 0 Å². The molecule has 0 bridgehead atoms. The highest BCUT2D eigenvalue weighted by Crippen LogP contribution is 2.13. The summed E-state index contributed by atoms with van der Waals surface area (Å²) in [4.78, 5) is 17.1. The van der Waals surface area contributed by atoms with Crippen molar-refractivity contribution >= 4 is 28.8 Å². The van der Waals surface area contributed by atoms with Crippen LogP contribution in [0.1, 0.15) is 9.67 Å². The fraction of sp³-hybridized carbons (Fsp3) is 0.417. The maximum absolute atomic E-state index is 12.1. The molecule has 0 spiro atoms. The molecular weight excluding hydrogens is 256 g/mol. The summed E-state index contributed by atoms with van der Waals surface area (Å²) < 4.78 is 0. The number of amides is 1. The largest absolute Gasteiger partial charge is 0.335 e. The molecule has 92 valence electrons. The van der Waals surface area contributed by atoms with E-state index in [0.717, 1.165) is 37.6 Å². The lowest BCUT2D eigenvalue weighted by Crippen LogP contribution is -2.48. The molecule has 1 aromatic heterocycles. The lowest BCUT2D eigenvalue weighted by molar-refractivity contribution is 0.0655. The molecule has 0 N–H and O–H groups in total. The quantitative estimate of drug-likeness (QED) is 0.841. The smallest absolute Gasteiger partial charge is 0.264 e. The van der Waals surface area contributed by atoms with E-state index in [2.05, 4.69) is 4.90 Å². The Balaban J connectivity index is 1.85. The number of halogens is 1. The van der Waals surface area contributed by atoms with Gasteiger partial charge in [-0.3, -0.25) is 9.69 Å². The van der Waals surface area contributed by atoms with Gasteiger partial charge < -0.3 is 4.90 Å². The van der Waals surface area contributed by atoms with Gasteiger partial charge in [-0.1, -0.05) is 23.7 Å². The molecule has 5 heteroatoms. The van der Waals surface area contributed by atoms with Gasteiger partial charge in [0.25, 0.3) is 5.91 Å². The number of piperazine rings is 1. The van der Waals surface area contributed by atoms with Crippen molar-refractivity contribution in [2.75, 3.05) is 32.7 Å². The van der Waals surface area contributed by atoms with Gasteiger partial charge in [0, 0.05) is 38.3 Å². The molecule has 0 aromatic carbocycles. The first-order chi connectivity index (χ1) is 8.31. The van der Waals surface area contributed by atoms with Gasteiger partial charge in [0.15, 0.2) is 0 Å². The second-order valence-corrected chi connectivity index (χ2v) is 5.13. The van der Waals surface area contributed by atoms with E-state index in [1.165, 1.54) is 11.3 Å². The van der Waals surface area contributed by atoms with Gasteiger partial charge in [-0.15, -0.1) is 11.3 Å². The van der Waals surface area contributed by atoms with Gasteiger partial charge in [0.2, 0.25) is 0 Å². The van der Waals surface area contributed by atoms with Crippen molar-refractivity contribution in [1.29, 1.82) is 0 Å². The molecule has 1 aliphatic heterocycles. The summed E-state index contributed by atoms with van der Waals surface area (Å²) in [6.45, 7) is 4.29. The van der Waals surface area contributed by atoms with E-state index in [0.29, 0.717) is 0 Å². The molecule has 3 nitrogen and oxygen atoms in total. The van der Waals surface area contributed by atoms with Crippen molar-refractivity contribution in [2.45, 2.75) is 0 Å². The number of nitrogens with zero attached hydrogens (tertiary/aromatic N) is 2. The van der Waals surface area contributed by atoms with Crippen molar-refractivity contribution in [1.82, 2.24) is 9.80 Å². The fourth-order valence-electron chi connectivity index (χ4n) is 1.88. The third kappa shape index (κ3) is 3.31. The Labute approximate surface area is 110 Å². The number of hydrogen-bond acceptors (Lipinski definition) is 3. The monoisotopic (exact) mass is 270 g/mol. The molecule has 0 unspecified atom stereocenters. The van der Waals surface area contributed by atoms with Gasteiger partial charge in [0.1, 0.15) is 0 Å². The van der Waals surface area contributed by atoms with E-state index in [4.69, 9.17) is 11.6 Å². The summed E-state index contributed by atoms with van der Waals surface area (Å²) in [5.74, 6) is 0.160. The van der Waals surface area contributed by atoms with Gasteiger partial charge in [-0.25, -0.2) is 0 Å². The van der Waals surface area contributed by atoms with Crippen LogP contribution in [0, 0.1) is 0 Å². The van der Waals surface area contributed by atoms with Crippen LogP contribution in [-0.2, 0) is 0 Å². The Morgan fingerprint density at radius 3 is 2.76 bits per heavy atom. The van der Waals surface area contributed by atoms with E-state index in [-0.39, 0.29) is 5.91 Å². The Morgan fingerprint density at radius 2 is 2.18 bits per heavy atom. The number of rotatable bonds is 3. The zero-order valence-electron chi connectivity index (χ0n) is 9.51. The molecule has 2 heterocycles. The summed E-state index contributed by atoms with van der Waals surface area (Å²) in [5.41, 5.74) is 1.54. The van der Waals surface area contributed by atoms with Crippen LogP contribution < -0.4 is 0 Å². The second kappa shape index (κ2) is 6.19. The molecule has 17 heavy (non-hydrogen) atoms. The molecule has 0 atom stereocenters. The van der Waals surface area contributed by atoms with Crippen LogP contribution in [0.5, 0.6) is 0 Å². The topological polar surface area (TPSA) is 23.6 Å². The van der Waals surface area contributed by atoms with Crippen molar-refractivity contribution in [3.05, 3.63) is 34.0 Å². The normalized spacial score (nSPS) is 17.8. The predicted octanol–water partition coefficient (Wildman–Crippen LogP) is 2.26. The molecule has 0 aliphatic carbocycles. The van der Waals surface area contributed by atoms with Crippen LogP contribution >= 0.6 is 22.9 Å². The van der Waals surface area contributed by atoms with Crippen LogP contribution in [0.15, 0.2) is 29.1 Å². The van der Waals surface area contributed by atoms with Gasteiger partial charge in [-0.05, 0) is 11.4 Å².